The van der Waals surface area contributed by atoms with E-state index >= 15 is 0 Å². The van der Waals surface area contributed by atoms with Crippen LogP contribution in [0.15, 0.2) is 24.3 Å². The fourth-order valence-corrected chi connectivity index (χ4v) is 4.88. The van der Waals surface area contributed by atoms with Gasteiger partial charge in [-0.3, -0.25) is 9.59 Å². The molecule has 0 radical (unpaired) electrons. The molecule has 5 nitrogen and oxygen atoms in total. The number of carbonyl (C=O) groups is 2. The van der Waals surface area contributed by atoms with Gasteiger partial charge in [-0.1, -0.05) is 19.1 Å². The summed E-state index contributed by atoms with van der Waals surface area (Å²) in [5.41, 5.74) is 2.16. The van der Waals surface area contributed by atoms with Gasteiger partial charge in [0, 0.05) is 56.3 Å². The van der Waals surface area contributed by atoms with Gasteiger partial charge in [0.25, 0.3) is 0 Å². The lowest BCUT2D eigenvalue weighted by atomic mass is 9.96. The second-order valence-electron chi connectivity index (χ2n) is 7.82. The zero-order valence-electron chi connectivity index (χ0n) is 17.0. The van der Waals surface area contributed by atoms with Crippen LogP contribution in [0.1, 0.15) is 38.2 Å². The van der Waals surface area contributed by atoms with E-state index in [1.165, 1.54) is 30.2 Å². The SMILES string of the molecule is CCCC(=O)N1CCCC(C(=O)Nc2ccc(CCN3CCSCC3)cc2)C1. The first kappa shape index (κ1) is 21.2. The summed E-state index contributed by atoms with van der Waals surface area (Å²) < 4.78 is 0. The number of anilines is 1. The number of piperidine rings is 1. The first-order valence-corrected chi connectivity index (χ1v) is 11.8. The summed E-state index contributed by atoms with van der Waals surface area (Å²) in [5.74, 6) is 2.59. The van der Waals surface area contributed by atoms with Crippen LogP contribution in [0, 0.1) is 5.92 Å². The molecule has 3 rings (SSSR count). The highest BCUT2D eigenvalue weighted by Gasteiger charge is 2.28. The Morgan fingerprint density at radius 1 is 1.14 bits per heavy atom. The molecule has 0 aliphatic carbocycles. The third-order valence-corrected chi connectivity index (χ3v) is 6.59. The minimum Gasteiger partial charge on any atom is -0.342 e. The number of rotatable bonds is 7. The Kier molecular flexibility index (Phi) is 8.22. The highest BCUT2D eigenvalue weighted by molar-refractivity contribution is 7.99. The molecule has 2 amide bonds. The van der Waals surface area contributed by atoms with E-state index in [-0.39, 0.29) is 17.7 Å². The van der Waals surface area contributed by atoms with Crippen molar-refractivity contribution < 1.29 is 9.59 Å². The van der Waals surface area contributed by atoms with Gasteiger partial charge in [-0.05, 0) is 43.4 Å². The first-order valence-electron chi connectivity index (χ1n) is 10.6. The van der Waals surface area contributed by atoms with Gasteiger partial charge in [-0.2, -0.15) is 11.8 Å². The molecule has 0 aromatic heterocycles. The van der Waals surface area contributed by atoms with Crippen LogP contribution in [0.2, 0.25) is 0 Å². The second kappa shape index (κ2) is 10.9. The minimum absolute atomic E-state index is 0.0348. The summed E-state index contributed by atoms with van der Waals surface area (Å²) >= 11 is 2.04. The molecule has 1 atom stereocenters. The highest BCUT2D eigenvalue weighted by atomic mass is 32.2. The van der Waals surface area contributed by atoms with E-state index in [9.17, 15) is 9.59 Å². The van der Waals surface area contributed by atoms with E-state index in [1.807, 2.05) is 35.7 Å². The molecule has 0 saturated carbocycles. The van der Waals surface area contributed by atoms with E-state index in [0.717, 1.165) is 44.5 Å². The van der Waals surface area contributed by atoms with Crippen LogP contribution in [0.5, 0.6) is 0 Å². The molecule has 2 heterocycles. The third-order valence-electron chi connectivity index (χ3n) is 5.65. The quantitative estimate of drug-likeness (QED) is 0.759. The fraction of sp³-hybridized carbons (Fsp3) is 0.636. The standard InChI is InChI=1S/C22H33N3O2S/c1-2-4-21(26)25-11-3-5-19(17-25)22(27)23-20-8-6-18(7-9-20)10-12-24-13-15-28-16-14-24/h6-9,19H,2-5,10-17H2,1H3,(H,23,27). The molecule has 1 aromatic rings. The molecule has 28 heavy (non-hydrogen) atoms. The lowest BCUT2D eigenvalue weighted by Gasteiger charge is -2.32. The van der Waals surface area contributed by atoms with E-state index < -0.39 is 0 Å². The maximum absolute atomic E-state index is 12.7. The molecule has 1 unspecified atom stereocenters. The molecule has 0 bridgehead atoms. The Balaban J connectivity index is 1.46. The predicted octanol–water partition coefficient (Wildman–Crippen LogP) is 3.26. The van der Waals surface area contributed by atoms with E-state index in [4.69, 9.17) is 0 Å². The molecule has 2 fully saturated rings. The fourth-order valence-electron chi connectivity index (χ4n) is 3.90. The van der Waals surface area contributed by atoms with Gasteiger partial charge in [0.15, 0.2) is 0 Å². The number of benzene rings is 1. The number of hydrogen-bond donors (Lipinski definition) is 1. The lowest BCUT2D eigenvalue weighted by molar-refractivity contribution is -0.134. The lowest BCUT2D eigenvalue weighted by Crippen LogP contribution is -2.43. The summed E-state index contributed by atoms with van der Waals surface area (Å²) in [6.45, 7) is 6.84. The van der Waals surface area contributed by atoms with Crippen molar-refractivity contribution in [3.05, 3.63) is 29.8 Å². The van der Waals surface area contributed by atoms with E-state index in [0.29, 0.717) is 13.0 Å². The summed E-state index contributed by atoms with van der Waals surface area (Å²) in [5, 5.41) is 3.05. The monoisotopic (exact) mass is 403 g/mol. The largest absolute Gasteiger partial charge is 0.342 e. The summed E-state index contributed by atoms with van der Waals surface area (Å²) in [4.78, 5) is 29.2. The first-order chi connectivity index (χ1) is 13.7. The zero-order valence-corrected chi connectivity index (χ0v) is 17.8. The van der Waals surface area contributed by atoms with Crippen molar-refractivity contribution >= 4 is 29.3 Å². The van der Waals surface area contributed by atoms with Crippen LogP contribution < -0.4 is 5.32 Å². The molecule has 6 heteroatoms. The molecular weight excluding hydrogens is 370 g/mol. The van der Waals surface area contributed by atoms with Crippen molar-refractivity contribution in [2.45, 2.75) is 39.0 Å². The number of amides is 2. The van der Waals surface area contributed by atoms with Crippen molar-refractivity contribution in [3.8, 4) is 0 Å². The molecule has 0 spiro atoms. The molecule has 2 aliphatic heterocycles. The number of thioether (sulfide) groups is 1. The van der Waals surface area contributed by atoms with Crippen LogP contribution in [0.25, 0.3) is 0 Å². The maximum Gasteiger partial charge on any atom is 0.229 e. The number of likely N-dealkylation sites (tertiary alicyclic amines) is 1. The Hall–Kier alpha value is -1.53. The Labute approximate surface area is 173 Å². The average Bonchev–Trinajstić information content (AvgIpc) is 2.74. The van der Waals surface area contributed by atoms with Crippen LogP contribution in [0.4, 0.5) is 5.69 Å². The highest BCUT2D eigenvalue weighted by Crippen LogP contribution is 2.20. The minimum atomic E-state index is -0.105. The van der Waals surface area contributed by atoms with Gasteiger partial charge in [0.2, 0.25) is 11.8 Å². The number of nitrogens with zero attached hydrogens (tertiary/aromatic N) is 2. The maximum atomic E-state index is 12.7. The third kappa shape index (κ3) is 6.24. The van der Waals surface area contributed by atoms with Gasteiger partial charge >= 0.3 is 0 Å². The predicted molar refractivity (Wildman–Crippen MR) is 117 cm³/mol. The number of nitrogens with one attached hydrogen (secondary N) is 1. The van der Waals surface area contributed by atoms with Crippen LogP contribution >= 0.6 is 11.8 Å². The van der Waals surface area contributed by atoms with Crippen LogP contribution in [0.3, 0.4) is 0 Å². The van der Waals surface area contributed by atoms with Gasteiger partial charge in [0.05, 0.1) is 5.92 Å². The summed E-state index contributed by atoms with van der Waals surface area (Å²) in [7, 11) is 0. The van der Waals surface area contributed by atoms with Gasteiger partial charge < -0.3 is 15.1 Å². The topological polar surface area (TPSA) is 52.7 Å². The van der Waals surface area contributed by atoms with Crippen molar-refractivity contribution in [2.75, 3.05) is 49.5 Å². The van der Waals surface area contributed by atoms with Gasteiger partial charge in [0.1, 0.15) is 0 Å². The Morgan fingerprint density at radius 3 is 2.61 bits per heavy atom. The molecule has 1 N–H and O–H groups in total. The Morgan fingerprint density at radius 2 is 1.89 bits per heavy atom. The van der Waals surface area contributed by atoms with Crippen LogP contribution in [-0.4, -0.2) is 65.8 Å². The van der Waals surface area contributed by atoms with E-state index in [1.54, 1.807) is 0 Å². The number of hydrogen-bond acceptors (Lipinski definition) is 4. The van der Waals surface area contributed by atoms with Crippen molar-refractivity contribution in [2.24, 2.45) is 5.92 Å². The normalized spacial score (nSPS) is 20.8. The van der Waals surface area contributed by atoms with E-state index in [2.05, 4.69) is 22.3 Å². The smallest absolute Gasteiger partial charge is 0.229 e. The van der Waals surface area contributed by atoms with Gasteiger partial charge in [-0.25, -0.2) is 0 Å². The molecule has 154 valence electrons. The molecule has 1 aromatic carbocycles. The summed E-state index contributed by atoms with van der Waals surface area (Å²) in [6, 6.07) is 8.24. The molecule has 2 saturated heterocycles. The van der Waals surface area contributed by atoms with Crippen molar-refractivity contribution in [1.82, 2.24) is 9.80 Å². The van der Waals surface area contributed by atoms with Crippen LogP contribution in [-0.2, 0) is 16.0 Å². The van der Waals surface area contributed by atoms with Crippen molar-refractivity contribution in [1.29, 1.82) is 0 Å². The second-order valence-corrected chi connectivity index (χ2v) is 9.04. The Bertz CT molecular complexity index is 644. The van der Waals surface area contributed by atoms with Crippen molar-refractivity contribution in [3.63, 3.8) is 0 Å². The van der Waals surface area contributed by atoms with Gasteiger partial charge in [-0.15, -0.1) is 0 Å². The summed E-state index contributed by atoms with van der Waals surface area (Å²) in [6.07, 6.45) is 4.24. The average molecular weight is 404 g/mol. The number of carbonyl (C=O) groups excluding carboxylic acids is 2. The molecule has 2 aliphatic rings. The zero-order chi connectivity index (χ0) is 19.8. The molecular formula is C22H33N3O2S.